The Morgan fingerprint density at radius 1 is 1.22 bits per heavy atom. The summed E-state index contributed by atoms with van der Waals surface area (Å²) < 4.78 is 28.0. The van der Waals surface area contributed by atoms with Gasteiger partial charge in [0.2, 0.25) is 5.78 Å². The van der Waals surface area contributed by atoms with Gasteiger partial charge < -0.3 is 0 Å². The minimum absolute atomic E-state index is 0.217. The number of benzene rings is 1. The van der Waals surface area contributed by atoms with Crippen LogP contribution in [0.2, 0.25) is 0 Å². The molecule has 5 nitrogen and oxygen atoms in total. The number of aryl methyl sites for hydroxylation is 1. The van der Waals surface area contributed by atoms with Crippen LogP contribution in [0, 0.1) is 11.6 Å². The van der Waals surface area contributed by atoms with Crippen LogP contribution < -0.4 is 5.56 Å². The van der Waals surface area contributed by atoms with Crippen molar-refractivity contribution in [2.24, 2.45) is 0 Å². The molecule has 0 radical (unpaired) electrons. The van der Waals surface area contributed by atoms with Crippen LogP contribution >= 0.6 is 11.8 Å². The second-order valence-corrected chi connectivity index (χ2v) is 6.00. The molecular formula is C15H14F2N4OS. The number of H-pyrrole nitrogens is 1. The first-order valence-electron chi connectivity index (χ1n) is 7.12. The zero-order chi connectivity index (χ0) is 16.4. The predicted molar refractivity (Wildman–Crippen MR) is 83.5 cm³/mol. The standard InChI is InChI=1S/C15H14F2N4OS/c1-2-3-10-7-13(22)18-14-19-20-15(21(10)14)23-8-9-4-5-11(16)12(17)6-9/h4-7H,2-3,8H2,1H3,(H,18,19,22). The van der Waals surface area contributed by atoms with Gasteiger partial charge in [0.15, 0.2) is 16.8 Å². The molecular weight excluding hydrogens is 322 g/mol. The molecule has 0 fully saturated rings. The van der Waals surface area contributed by atoms with Gasteiger partial charge in [0.1, 0.15) is 0 Å². The normalized spacial score (nSPS) is 11.3. The Hall–Kier alpha value is -2.22. The average molecular weight is 336 g/mol. The molecule has 0 aliphatic carbocycles. The van der Waals surface area contributed by atoms with Gasteiger partial charge in [0.05, 0.1) is 0 Å². The fourth-order valence-electron chi connectivity index (χ4n) is 2.28. The summed E-state index contributed by atoms with van der Waals surface area (Å²) in [5, 5.41) is 8.64. The van der Waals surface area contributed by atoms with Crippen LogP contribution in [0.5, 0.6) is 0 Å². The van der Waals surface area contributed by atoms with E-state index in [-0.39, 0.29) is 5.56 Å². The maximum Gasteiger partial charge on any atom is 0.252 e. The molecule has 0 aliphatic rings. The number of halogens is 2. The van der Waals surface area contributed by atoms with Gasteiger partial charge in [-0.3, -0.25) is 14.2 Å². The Labute approximate surface area is 134 Å². The predicted octanol–water partition coefficient (Wildman–Crippen LogP) is 2.94. The zero-order valence-corrected chi connectivity index (χ0v) is 13.2. The molecule has 0 bridgehead atoms. The smallest absolute Gasteiger partial charge is 0.252 e. The van der Waals surface area contributed by atoms with Crippen LogP contribution in [0.4, 0.5) is 8.78 Å². The molecule has 0 saturated carbocycles. The van der Waals surface area contributed by atoms with E-state index in [0.717, 1.165) is 24.6 Å². The molecule has 1 N–H and O–H groups in total. The molecule has 0 unspecified atom stereocenters. The molecule has 2 aromatic heterocycles. The minimum atomic E-state index is -0.870. The molecule has 120 valence electrons. The van der Waals surface area contributed by atoms with Crippen molar-refractivity contribution in [3.63, 3.8) is 0 Å². The Bertz CT molecular complexity index is 906. The molecule has 1 aromatic carbocycles. The first-order valence-corrected chi connectivity index (χ1v) is 8.11. The summed E-state index contributed by atoms with van der Waals surface area (Å²) in [7, 11) is 0. The van der Waals surface area contributed by atoms with Crippen LogP contribution in [-0.2, 0) is 12.2 Å². The number of rotatable bonds is 5. The molecule has 23 heavy (non-hydrogen) atoms. The molecule has 0 aliphatic heterocycles. The number of nitrogens with one attached hydrogen (secondary N) is 1. The maximum absolute atomic E-state index is 13.2. The van der Waals surface area contributed by atoms with Crippen LogP contribution in [0.15, 0.2) is 34.2 Å². The summed E-state index contributed by atoms with van der Waals surface area (Å²) >= 11 is 1.35. The van der Waals surface area contributed by atoms with Crippen LogP contribution in [0.25, 0.3) is 5.78 Å². The van der Waals surface area contributed by atoms with E-state index in [1.165, 1.54) is 30.0 Å². The highest BCUT2D eigenvalue weighted by Crippen LogP contribution is 2.23. The summed E-state index contributed by atoms with van der Waals surface area (Å²) in [4.78, 5) is 14.3. The van der Waals surface area contributed by atoms with Crippen molar-refractivity contribution in [2.45, 2.75) is 30.7 Å². The second-order valence-electron chi connectivity index (χ2n) is 5.05. The third kappa shape index (κ3) is 3.26. The monoisotopic (exact) mass is 336 g/mol. The first-order chi connectivity index (χ1) is 11.1. The number of aromatic amines is 1. The lowest BCUT2D eigenvalue weighted by molar-refractivity contribution is 0.507. The van der Waals surface area contributed by atoms with Gasteiger partial charge in [-0.1, -0.05) is 31.2 Å². The van der Waals surface area contributed by atoms with E-state index in [9.17, 15) is 13.6 Å². The van der Waals surface area contributed by atoms with Crippen LogP contribution in [0.3, 0.4) is 0 Å². The zero-order valence-electron chi connectivity index (χ0n) is 12.3. The molecule has 0 saturated heterocycles. The lowest BCUT2D eigenvalue weighted by Gasteiger charge is -2.06. The van der Waals surface area contributed by atoms with Crippen molar-refractivity contribution >= 4 is 17.5 Å². The largest absolute Gasteiger partial charge is 0.291 e. The van der Waals surface area contributed by atoms with Crippen molar-refractivity contribution < 1.29 is 8.78 Å². The number of nitrogens with zero attached hydrogens (tertiary/aromatic N) is 3. The third-order valence-corrected chi connectivity index (χ3v) is 4.31. The molecule has 0 amide bonds. The summed E-state index contributed by atoms with van der Waals surface area (Å²) in [5.41, 5.74) is 1.25. The molecule has 0 atom stereocenters. The Kier molecular flexibility index (Phi) is 4.42. The minimum Gasteiger partial charge on any atom is -0.291 e. The number of thioether (sulfide) groups is 1. The van der Waals surface area contributed by atoms with E-state index in [1.54, 1.807) is 4.40 Å². The number of hydrogen-bond acceptors (Lipinski definition) is 4. The summed E-state index contributed by atoms with van der Waals surface area (Å²) in [6.07, 6.45) is 1.60. The Morgan fingerprint density at radius 2 is 2.04 bits per heavy atom. The number of aromatic nitrogens is 4. The van der Waals surface area contributed by atoms with Crippen molar-refractivity contribution in [1.29, 1.82) is 0 Å². The van der Waals surface area contributed by atoms with E-state index < -0.39 is 11.6 Å². The Morgan fingerprint density at radius 3 is 2.78 bits per heavy atom. The first kappa shape index (κ1) is 15.7. The highest BCUT2D eigenvalue weighted by atomic mass is 32.2. The van der Waals surface area contributed by atoms with E-state index in [1.807, 2.05) is 6.92 Å². The Balaban J connectivity index is 1.90. The average Bonchev–Trinajstić information content (AvgIpc) is 2.92. The molecule has 0 spiro atoms. The van der Waals surface area contributed by atoms with Gasteiger partial charge in [-0.2, -0.15) is 0 Å². The van der Waals surface area contributed by atoms with E-state index in [4.69, 9.17) is 0 Å². The van der Waals surface area contributed by atoms with Gasteiger partial charge >= 0.3 is 0 Å². The summed E-state index contributed by atoms with van der Waals surface area (Å²) in [6.45, 7) is 2.02. The van der Waals surface area contributed by atoms with Crippen molar-refractivity contribution in [1.82, 2.24) is 19.6 Å². The lowest BCUT2D eigenvalue weighted by atomic mass is 10.2. The van der Waals surface area contributed by atoms with Crippen LogP contribution in [-0.4, -0.2) is 19.6 Å². The van der Waals surface area contributed by atoms with Crippen molar-refractivity contribution in [2.75, 3.05) is 0 Å². The highest BCUT2D eigenvalue weighted by Gasteiger charge is 2.12. The quantitative estimate of drug-likeness (QED) is 0.728. The molecule has 3 aromatic rings. The van der Waals surface area contributed by atoms with Gasteiger partial charge in [0, 0.05) is 17.5 Å². The molecule has 2 heterocycles. The van der Waals surface area contributed by atoms with E-state index in [2.05, 4.69) is 15.2 Å². The van der Waals surface area contributed by atoms with Crippen LogP contribution in [0.1, 0.15) is 24.6 Å². The number of fused-ring (bicyclic) bond motifs is 1. The van der Waals surface area contributed by atoms with Gasteiger partial charge in [-0.05, 0) is 24.1 Å². The SMILES string of the molecule is CCCc1cc(=O)[nH]c2nnc(SCc3ccc(F)c(F)c3)n12. The third-order valence-electron chi connectivity index (χ3n) is 3.31. The topological polar surface area (TPSA) is 63.0 Å². The lowest BCUT2D eigenvalue weighted by Crippen LogP contribution is -2.11. The maximum atomic E-state index is 13.2. The van der Waals surface area contributed by atoms with Crippen molar-refractivity contribution in [3.8, 4) is 0 Å². The summed E-state index contributed by atoms with van der Waals surface area (Å²) in [6, 6.07) is 5.33. The fourth-order valence-corrected chi connectivity index (χ4v) is 3.19. The second kappa shape index (κ2) is 6.49. The molecule has 3 rings (SSSR count). The summed E-state index contributed by atoms with van der Waals surface area (Å²) in [5.74, 6) is -0.934. The van der Waals surface area contributed by atoms with E-state index in [0.29, 0.717) is 22.3 Å². The number of hydrogen-bond donors (Lipinski definition) is 1. The fraction of sp³-hybridized carbons (Fsp3) is 0.267. The van der Waals surface area contributed by atoms with Gasteiger partial charge in [-0.15, -0.1) is 10.2 Å². The van der Waals surface area contributed by atoms with Gasteiger partial charge in [-0.25, -0.2) is 8.78 Å². The van der Waals surface area contributed by atoms with E-state index >= 15 is 0 Å². The molecule has 8 heteroatoms. The highest BCUT2D eigenvalue weighted by molar-refractivity contribution is 7.98. The van der Waals surface area contributed by atoms with Crippen molar-refractivity contribution in [3.05, 3.63) is 57.5 Å². The van der Waals surface area contributed by atoms with Gasteiger partial charge in [0.25, 0.3) is 5.56 Å².